The fourth-order valence-electron chi connectivity index (χ4n) is 2.39. The molecule has 1 aromatic rings. The molecule has 132 valence electrons. The van der Waals surface area contributed by atoms with Gasteiger partial charge >= 0.3 is 0 Å². The number of ether oxygens (including phenoxy) is 2. The van der Waals surface area contributed by atoms with Gasteiger partial charge in [-0.15, -0.1) is 0 Å². The van der Waals surface area contributed by atoms with Crippen LogP contribution in [-0.2, 0) is 6.54 Å². The second kappa shape index (κ2) is 9.78. The predicted octanol–water partition coefficient (Wildman–Crippen LogP) is 3.57. The molecule has 1 rings (SSSR count). The average Bonchev–Trinajstić information content (AvgIpc) is 2.52. The van der Waals surface area contributed by atoms with Crippen LogP contribution >= 0.6 is 0 Å². The van der Waals surface area contributed by atoms with Crippen LogP contribution in [0.25, 0.3) is 0 Å². The molecule has 0 aromatic heterocycles. The normalized spacial score (nSPS) is 13.0. The monoisotopic (exact) mass is 323 g/mol. The molecule has 1 atom stereocenters. The molecule has 0 aliphatic heterocycles. The number of aliphatic hydroxyl groups excluding tert-OH is 1. The molecule has 4 heteroatoms. The Balaban J connectivity index is 2.82. The molecule has 0 fully saturated rings. The number of benzene rings is 1. The zero-order valence-electron chi connectivity index (χ0n) is 15.5. The quantitative estimate of drug-likeness (QED) is 0.715. The van der Waals surface area contributed by atoms with E-state index in [9.17, 15) is 5.11 Å². The lowest BCUT2D eigenvalue weighted by Crippen LogP contribution is -2.35. The lowest BCUT2D eigenvalue weighted by molar-refractivity contribution is 0.0711. The van der Waals surface area contributed by atoms with Crippen LogP contribution in [-0.4, -0.2) is 43.4 Å². The second-order valence-corrected chi connectivity index (χ2v) is 6.92. The van der Waals surface area contributed by atoms with Crippen LogP contribution in [0.2, 0.25) is 0 Å². The third-order valence-electron chi connectivity index (χ3n) is 4.09. The van der Waals surface area contributed by atoms with E-state index in [0.717, 1.165) is 31.0 Å². The zero-order chi connectivity index (χ0) is 17.4. The summed E-state index contributed by atoms with van der Waals surface area (Å²) in [5.41, 5.74) is 1.17. The topological polar surface area (TPSA) is 41.9 Å². The van der Waals surface area contributed by atoms with Gasteiger partial charge in [0.05, 0.1) is 20.3 Å². The Bertz CT molecular complexity index is 460. The van der Waals surface area contributed by atoms with Crippen LogP contribution in [0.15, 0.2) is 18.2 Å². The molecule has 0 saturated heterocycles. The molecule has 1 unspecified atom stereocenters. The molecule has 0 saturated carbocycles. The van der Waals surface area contributed by atoms with Crippen molar-refractivity contribution in [2.75, 3.05) is 27.3 Å². The molecule has 1 N–H and O–H groups in total. The fraction of sp³-hybridized carbons (Fsp3) is 0.684. The van der Waals surface area contributed by atoms with Crippen molar-refractivity contribution in [1.82, 2.24) is 4.90 Å². The molecule has 0 aliphatic rings. The first-order valence-corrected chi connectivity index (χ1v) is 8.48. The van der Waals surface area contributed by atoms with E-state index in [1.165, 1.54) is 5.56 Å². The van der Waals surface area contributed by atoms with Crippen LogP contribution in [0.5, 0.6) is 11.5 Å². The molecule has 0 radical (unpaired) electrons. The molecule has 0 bridgehead atoms. The number of rotatable bonds is 10. The summed E-state index contributed by atoms with van der Waals surface area (Å²) in [6.45, 7) is 11.1. The van der Waals surface area contributed by atoms with Gasteiger partial charge in [0.25, 0.3) is 0 Å². The van der Waals surface area contributed by atoms with Crippen molar-refractivity contribution in [3.8, 4) is 11.5 Å². The highest BCUT2D eigenvalue weighted by molar-refractivity contribution is 5.42. The van der Waals surface area contributed by atoms with Gasteiger partial charge in [0.1, 0.15) is 0 Å². The SMILES string of the molecule is COc1ccc(CN(CCC(C)C)CC(O)C(C)C)cc1OC. The summed E-state index contributed by atoms with van der Waals surface area (Å²) >= 11 is 0. The standard InChI is InChI=1S/C19H33NO3/c1-14(2)9-10-20(13-17(21)15(3)4)12-16-7-8-18(22-5)19(11-16)23-6/h7-8,11,14-15,17,21H,9-10,12-13H2,1-6H3. The van der Waals surface area contributed by atoms with Crippen molar-refractivity contribution in [2.24, 2.45) is 11.8 Å². The molecule has 0 aliphatic carbocycles. The molecular formula is C19H33NO3. The minimum absolute atomic E-state index is 0.266. The van der Waals surface area contributed by atoms with Gasteiger partial charge in [0.15, 0.2) is 11.5 Å². The summed E-state index contributed by atoms with van der Waals surface area (Å²) in [5.74, 6) is 2.41. The Morgan fingerprint density at radius 3 is 2.22 bits per heavy atom. The van der Waals surface area contributed by atoms with E-state index < -0.39 is 0 Å². The van der Waals surface area contributed by atoms with Crippen LogP contribution in [0, 0.1) is 11.8 Å². The van der Waals surface area contributed by atoms with Gasteiger partial charge in [-0.25, -0.2) is 0 Å². The predicted molar refractivity (Wildman–Crippen MR) is 95.1 cm³/mol. The lowest BCUT2D eigenvalue weighted by atomic mass is 10.1. The van der Waals surface area contributed by atoms with E-state index in [-0.39, 0.29) is 12.0 Å². The summed E-state index contributed by atoms with van der Waals surface area (Å²) in [5, 5.41) is 10.2. The zero-order valence-corrected chi connectivity index (χ0v) is 15.5. The van der Waals surface area contributed by atoms with Crippen LogP contribution in [0.4, 0.5) is 0 Å². The van der Waals surface area contributed by atoms with Gasteiger partial charge in [-0.05, 0) is 42.5 Å². The molecule has 0 amide bonds. The second-order valence-electron chi connectivity index (χ2n) is 6.92. The molecule has 0 heterocycles. The lowest BCUT2D eigenvalue weighted by Gasteiger charge is -2.27. The third kappa shape index (κ3) is 6.80. The first kappa shape index (κ1) is 19.8. The highest BCUT2D eigenvalue weighted by atomic mass is 16.5. The molecule has 4 nitrogen and oxygen atoms in total. The minimum Gasteiger partial charge on any atom is -0.493 e. The number of hydrogen-bond donors (Lipinski definition) is 1. The number of hydrogen-bond acceptors (Lipinski definition) is 4. The van der Waals surface area contributed by atoms with Crippen molar-refractivity contribution in [3.05, 3.63) is 23.8 Å². The molecule has 0 spiro atoms. The van der Waals surface area contributed by atoms with E-state index in [1.54, 1.807) is 14.2 Å². The Hall–Kier alpha value is -1.26. The largest absolute Gasteiger partial charge is 0.493 e. The van der Waals surface area contributed by atoms with Crippen molar-refractivity contribution in [3.63, 3.8) is 0 Å². The molecule has 23 heavy (non-hydrogen) atoms. The van der Waals surface area contributed by atoms with Gasteiger partial charge in [0.2, 0.25) is 0 Å². The van der Waals surface area contributed by atoms with Crippen molar-refractivity contribution in [2.45, 2.75) is 46.8 Å². The maximum atomic E-state index is 10.2. The maximum Gasteiger partial charge on any atom is 0.161 e. The van der Waals surface area contributed by atoms with Gasteiger partial charge in [-0.1, -0.05) is 33.8 Å². The van der Waals surface area contributed by atoms with Crippen LogP contribution in [0.3, 0.4) is 0 Å². The van der Waals surface area contributed by atoms with Gasteiger partial charge in [0, 0.05) is 13.1 Å². The van der Waals surface area contributed by atoms with Crippen molar-refractivity contribution >= 4 is 0 Å². The van der Waals surface area contributed by atoms with Gasteiger partial charge in [-0.2, -0.15) is 0 Å². The van der Waals surface area contributed by atoms with E-state index >= 15 is 0 Å². The van der Waals surface area contributed by atoms with Crippen LogP contribution < -0.4 is 9.47 Å². The van der Waals surface area contributed by atoms with E-state index in [2.05, 4.69) is 38.7 Å². The van der Waals surface area contributed by atoms with E-state index in [0.29, 0.717) is 12.5 Å². The fourth-order valence-corrected chi connectivity index (χ4v) is 2.39. The first-order chi connectivity index (χ1) is 10.9. The average molecular weight is 323 g/mol. The number of nitrogens with zero attached hydrogens (tertiary/aromatic N) is 1. The summed E-state index contributed by atoms with van der Waals surface area (Å²) in [6, 6.07) is 6.02. The smallest absolute Gasteiger partial charge is 0.161 e. The summed E-state index contributed by atoms with van der Waals surface area (Å²) in [4.78, 5) is 2.33. The summed E-state index contributed by atoms with van der Waals surface area (Å²) in [7, 11) is 3.30. The van der Waals surface area contributed by atoms with E-state index in [4.69, 9.17) is 9.47 Å². The first-order valence-electron chi connectivity index (χ1n) is 8.48. The number of methoxy groups -OCH3 is 2. The van der Waals surface area contributed by atoms with Crippen molar-refractivity contribution < 1.29 is 14.6 Å². The van der Waals surface area contributed by atoms with Gasteiger partial charge < -0.3 is 14.6 Å². The molecule has 1 aromatic carbocycles. The van der Waals surface area contributed by atoms with Crippen LogP contribution in [0.1, 0.15) is 39.7 Å². The Kier molecular flexibility index (Phi) is 8.42. The maximum absolute atomic E-state index is 10.2. The Labute approximate surface area is 141 Å². The Morgan fingerprint density at radius 1 is 1.04 bits per heavy atom. The minimum atomic E-state index is -0.303. The van der Waals surface area contributed by atoms with Gasteiger partial charge in [-0.3, -0.25) is 4.90 Å². The highest BCUT2D eigenvalue weighted by Crippen LogP contribution is 2.28. The third-order valence-corrected chi connectivity index (χ3v) is 4.09. The Morgan fingerprint density at radius 2 is 1.70 bits per heavy atom. The summed E-state index contributed by atoms with van der Waals surface area (Å²) in [6.07, 6.45) is 0.820. The highest BCUT2D eigenvalue weighted by Gasteiger charge is 2.16. The summed E-state index contributed by atoms with van der Waals surface area (Å²) < 4.78 is 10.7. The van der Waals surface area contributed by atoms with Crippen molar-refractivity contribution in [1.29, 1.82) is 0 Å². The number of aliphatic hydroxyl groups is 1. The molecular weight excluding hydrogens is 290 g/mol. The van der Waals surface area contributed by atoms with E-state index in [1.807, 2.05) is 12.1 Å².